The van der Waals surface area contributed by atoms with Gasteiger partial charge in [-0.05, 0) is 20.8 Å². The number of aromatic nitrogens is 3. The smallest absolute Gasteiger partial charge is 0.194 e. The quantitative estimate of drug-likeness (QED) is 0.803. The van der Waals surface area contributed by atoms with Crippen LogP contribution >= 0.6 is 22.7 Å². The Bertz CT molecular complexity index is 707. The highest BCUT2D eigenvalue weighted by molar-refractivity contribution is 7.17. The van der Waals surface area contributed by atoms with E-state index in [2.05, 4.69) is 46.7 Å². The Hall–Kier alpha value is -1.24. The van der Waals surface area contributed by atoms with E-state index >= 15 is 0 Å². The van der Waals surface area contributed by atoms with Gasteiger partial charge in [-0.1, -0.05) is 0 Å². The molecule has 0 bridgehead atoms. The Morgan fingerprint density at radius 2 is 2.05 bits per heavy atom. The largest absolute Gasteiger partial charge is 0.306 e. The molecule has 0 aliphatic heterocycles. The Morgan fingerprint density at radius 3 is 2.79 bits per heavy atom. The van der Waals surface area contributed by atoms with E-state index in [1.807, 2.05) is 5.51 Å². The van der Waals surface area contributed by atoms with Crippen LogP contribution < -0.4 is 5.32 Å². The van der Waals surface area contributed by atoms with Crippen LogP contribution in [0.2, 0.25) is 0 Å². The van der Waals surface area contributed by atoms with Gasteiger partial charge in [0.25, 0.3) is 0 Å². The van der Waals surface area contributed by atoms with E-state index in [1.165, 1.54) is 15.4 Å². The molecule has 4 nitrogen and oxygen atoms in total. The Labute approximate surface area is 120 Å². The van der Waals surface area contributed by atoms with Crippen LogP contribution in [0.15, 0.2) is 11.7 Å². The molecule has 3 aromatic rings. The maximum absolute atomic E-state index is 4.60. The minimum absolute atomic E-state index is 0.834. The Morgan fingerprint density at radius 1 is 1.21 bits per heavy atom. The van der Waals surface area contributed by atoms with E-state index in [4.69, 9.17) is 0 Å². The summed E-state index contributed by atoms with van der Waals surface area (Å²) >= 11 is 3.44. The zero-order chi connectivity index (χ0) is 13.4. The van der Waals surface area contributed by atoms with Gasteiger partial charge in [-0.15, -0.1) is 22.7 Å². The molecule has 0 amide bonds. The molecular weight excluding hydrogens is 276 g/mol. The molecule has 0 unspecified atom stereocenters. The average Bonchev–Trinajstić information content (AvgIpc) is 2.98. The molecule has 0 aliphatic carbocycles. The highest BCUT2D eigenvalue weighted by Crippen LogP contribution is 2.20. The van der Waals surface area contributed by atoms with Crippen molar-refractivity contribution in [2.45, 2.75) is 33.9 Å². The van der Waals surface area contributed by atoms with Gasteiger partial charge in [0, 0.05) is 29.0 Å². The average molecular weight is 292 g/mol. The normalized spacial score (nSPS) is 11.5. The molecule has 0 saturated heterocycles. The van der Waals surface area contributed by atoms with Crippen molar-refractivity contribution in [3.05, 3.63) is 38.5 Å². The lowest BCUT2D eigenvalue weighted by Gasteiger charge is -2.04. The lowest BCUT2D eigenvalue weighted by molar-refractivity contribution is 0.676. The lowest BCUT2D eigenvalue weighted by atomic mass is 10.3. The summed E-state index contributed by atoms with van der Waals surface area (Å²) in [5.41, 5.74) is 5.39. The molecule has 3 aromatic heterocycles. The molecule has 0 aliphatic rings. The number of fused-ring (bicyclic) bond motifs is 1. The summed E-state index contributed by atoms with van der Waals surface area (Å²) in [5.74, 6) is 0. The maximum atomic E-state index is 4.60. The number of nitrogens with zero attached hydrogens (tertiary/aromatic N) is 3. The van der Waals surface area contributed by atoms with Gasteiger partial charge in [0.05, 0.1) is 22.6 Å². The first-order chi connectivity index (χ1) is 9.15. The van der Waals surface area contributed by atoms with Crippen LogP contribution in [0.4, 0.5) is 0 Å². The minimum Gasteiger partial charge on any atom is -0.306 e. The number of aryl methyl sites for hydroxylation is 3. The van der Waals surface area contributed by atoms with E-state index < -0.39 is 0 Å². The summed E-state index contributed by atoms with van der Waals surface area (Å²) in [7, 11) is 0. The molecule has 0 spiro atoms. The molecule has 0 atom stereocenters. The first kappa shape index (κ1) is 12.8. The maximum Gasteiger partial charge on any atom is 0.194 e. The van der Waals surface area contributed by atoms with Crippen molar-refractivity contribution in [3.63, 3.8) is 0 Å². The number of rotatable bonds is 4. The molecule has 3 heterocycles. The fraction of sp³-hybridized carbons (Fsp3) is 0.385. The number of thiazole rings is 2. The summed E-state index contributed by atoms with van der Waals surface area (Å²) in [6, 6.07) is 0. The van der Waals surface area contributed by atoms with E-state index in [9.17, 15) is 0 Å². The van der Waals surface area contributed by atoms with Crippen molar-refractivity contribution in [2.24, 2.45) is 0 Å². The molecule has 0 fully saturated rings. The van der Waals surface area contributed by atoms with Crippen LogP contribution in [0.5, 0.6) is 0 Å². The molecule has 6 heteroatoms. The van der Waals surface area contributed by atoms with E-state index in [1.54, 1.807) is 22.7 Å². The Kier molecular flexibility index (Phi) is 3.38. The topological polar surface area (TPSA) is 42.2 Å². The standard InChI is InChI=1S/C13H16N4S2/c1-8-6-17-11(9(2)16-13(17)19-8)4-14-5-12-10(3)15-7-18-12/h6-7,14H,4-5H2,1-3H3. The second kappa shape index (κ2) is 5.03. The van der Waals surface area contributed by atoms with Crippen LogP contribution in [-0.2, 0) is 13.1 Å². The zero-order valence-electron chi connectivity index (χ0n) is 11.2. The molecule has 19 heavy (non-hydrogen) atoms. The van der Waals surface area contributed by atoms with Crippen molar-refractivity contribution >= 4 is 27.6 Å². The van der Waals surface area contributed by atoms with Crippen molar-refractivity contribution in [3.8, 4) is 0 Å². The first-order valence-corrected chi connectivity index (χ1v) is 7.88. The fourth-order valence-electron chi connectivity index (χ4n) is 2.11. The number of hydrogen-bond acceptors (Lipinski definition) is 5. The van der Waals surface area contributed by atoms with E-state index in [0.29, 0.717) is 0 Å². The molecule has 0 saturated carbocycles. The van der Waals surface area contributed by atoms with Crippen molar-refractivity contribution in [1.82, 2.24) is 19.7 Å². The van der Waals surface area contributed by atoms with Crippen LogP contribution in [0.25, 0.3) is 4.96 Å². The minimum atomic E-state index is 0.834. The molecule has 0 radical (unpaired) electrons. The fourth-order valence-corrected chi connectivity index (χ4v) is 3.75. The summed E-state index contributed by atoms with van der Waals surface area (Å²) < 4.78 is 2.20. The summed E-state index contributed by atoms with van der Waals surface area (Å²) in [4.78, 5) is 12.5. The van der Waals surface area contributed by atoms with E-state index in [-0.39, 0.29) is 0 Å². The number of nitrogens with one attached hydrogen (secondary N) is 1. The molecule has 100 valence electrons. The van der Waals surface area contributed by atoms with Gasteiger partial charge in [-0.2, -0.15) is 0 Å². The molecular formula is C13H16N4S2. The molecule has 0 aromatic carbocycles. The van der Waals surface area contributed by atoms with Gasteiger partial charge < -0.3 is 5.32 Å². The second-order valence-corrected chi connectivity index (χ2v) is 6.76. The van der Waals surface area contributed by atoms with Gasteiger partial charge in [-0.3, -0.25) is 4.40 Å². The van der Waals surface area contributed by atoms with Gasteiger partial charge in [0.1, 0.15) is 0 Å². The SMILES string of the molecule is Cc1cn2c(CNCc3scnc3C)c(C)nc2s1. The first-order valence-electron chi connectivity index (χ1n) is 6.19. The second-order valence-electron chi connectivity index (χ2n) is 4.60. The third kappa shape index (κ3) is 2.43. The van der Waals surface area contributed by atoms with Gasteiger partial charge in [0.2, 0.25) is 0 Å². The summed E-state index contributed by atoms with van der Waals surface area (Å²) in [6.45, 7) is 7.95. The third-order valence-electron chi connectivity index (χ3n) is 3.16. The number of imidazole rings is 1. The monoisotopic (exact) mass is 292 g/mol. The zero-order valence-corrected chi connectivity index (χ0v) is 12.9. The lowest BCUT2D eigenvalue weighted by Crippen LogP contribution is -2.14. The number of hydrogen-bond donors (Lipinski definition) is 1. The molecule has 3 rings (SSSR count). The predicted molar refractivity (Wildman–Crippen MR) is 79.9 cm³/mol. The summed E-state index contributed by atoms with van der Waals surface area (Å²) in [5, 5.41) is 3.49. The highest BCUT2D eigenvalue weighted by atomic mass is 32.1. The van der Waals surface area contributed by atoms with Gasteiger partial charge in [0.15, 0.2) is 4.96 Å². The predicted octanol–water partition coefficient (Wildman–Crippen LogP) is 3.07. The molecule has 1 N–H and O–H groups in total. The highest BCUT2D eigenvalue weighted by Gasteiger charge is 2.10. The van der Waals surface area contributed by atoms with E-state index in [0.717, 1.165) is 29.4 Å². The van der Waals surface area contributed by atoms with Crippen LogP contribution in [0, 0.1) is 20.8 Å². The Balaban J connectivity index is 1.74. The van der Waals surface area contributed by atoms with Crippen molar-refractivity contribution in [2.75, 3.05) is 0 Å². The van der Waals surface area contributed by atoms with Gasteiger partial charge in [-0.25, -0.2) is 9.97 Å². The third-order valence-corrected chi connectivity index (χ3v) is 5.00. The van der Waals surface area contributed by atoms with Crippen LogP contribution in [0.1, 0.15) is 26.8 Å². The summed E-state index contributed by atoms with van der Waals surface area (Å²) in [6.07, 6.45) is 2.16. The van der Waals surface area contributed by atoms with Crippen molar-refractivity contribution < 1.29 is 0 Å². The van der Waals surface area contributed by atoms with Crippen LogP contribution in [-0.4, -0.2) is 14.4 Å². The van der Waals surface area contributed by atoms with Gasteiger partial charge >= 0.3 is 0 Å². The van der Waals surface area contributed by atoms with Crippen molar-refractivity contribution in [1.29, 1.82) is 0 Å². The van der Waals surface area contributed by atoms with Crippen LogP contribution in [0.3, 0.4) is 0 Å².